The van der Waals surface area contributed by atoms with E-state index in [0.29, 0.717) is 22.6 Å². The molecule has 0 saturated carbocycles. The molecular weight excluding hydrogens is 545 g/mol. The third kappa shape index (κ3) is 5.28. The fourth-order valence-corrected chi connectivity index (χ4v) is 6.76. The highest BCUT2D eigenvalue weighted by molar-refractivity contribution is 8.03. The summed E-state index contributed by atoms with van der Waals surface area (Å²) in [4.78, 5) is 56.5. The molecule has 13 nitrogen and oxygen atoms in total. The van der Waals surface area contributed by atoms with Crippen molar-refractivity contribution in [3.8, 4) is 0 Å². The molecule has 2 unspecified atom stereocenters. The third-order valence-corrected chi connectivity index (χ3v) is 8.60. The second kappa shape index (κ2) is 10.3. The van der Waals surface area contributed by atoms with Gasteiger partial charge in [-0.3, -0.25) is 14.4 Å². The number of carbonyl (C=O) groups excluding carboxylic acids is 3. The molecule has 0 radical (unpaired) electrons. The lowest BCUT2D eigenvalue weighted by atomic mass is 9.78. The Balaban J connectivity index is 1.43. The number of aliphatic carboxylic acids is 1. The first-order valence-corrected chi connectivity index (χ1v) is 13.0. The zero-order valence-corrected chi connectivity index (χ0v) is 22.3. The minimum atomic E-state index is -4.83. The van der Waals surface area contributed by atoms with Crippen LogP contribution < -0.4 is 16.4 Å². The maximum absolute atomic E-state index is 13.1. The van der Waals surface area contributed by atoms with E-state index in [9.17, 15) is 37.5 Å². The van der Waals surface area contributed by atoms with Crippen LogP contribution in [0.5, 0.6) is 0 Å². The maximum Gasteiger partial charge on any atom is 0.453 e. The van der Waals surface area contributed by atoms with Crippen molar-refractivity contribution in [3.05, 3.63) is 16.4 Å². The summed E-state index contributed by atoms with van der Waals surface area (Å²) in [6.07, 6.45) is -4.33. The molecule has 1 aromatic heterocycles. The van der Waals surface area contributed by atoms with Gasteiger partial charge in [0.2, 0.25) is 23.7 Å². The Labute approximate surface area is 225 Å². The first kappa shape index (κ1) is 28.7. The second-order valence-corrected chi connectivity index (χ2v) is 11.3. The van der Waals surface area contributed by atoms with Crippen LogP contribution in [0.25, 0.3) is 0 Å². The van der Waals surface area contributed by atoms with Crippen LogP contribution in [0, 0.1) is 11.8 Å². The smallest absolute Gasteiger partial charge is 0.453 e. The molecule has 4 rings (SSSR count). The fourth-order valence-electron chi connectivity index (χ4n) is 5.28. The van der Waals surface area contributed by atoms with E-state index in [4.69, 9.17) is 5.73 Å². The highest BCUT2D eigenvalue weighted by Crippen LogP contribution is 2.51. The largest absolute Gasteiger partial charge is 0.477 e. The molecule has 5 N–H and O–H groups in total. The Hall–Kier alpha value is -3.34. The van der Waals surface area contributed by atoms with Crippen molar-refractivity contribution in [2.75, 3.05) is 26.4 Å². The van der Waals surface area contributed by atoms with E-state index >= 15 is 0 Å². The van der Waals surface area contributed by atoms with Crippen LogP contribution in [-0.4, -0.2) is 97.4 Å². The molecule has 0 spiro atoms. The number of fused-ring (bicyclic) bond motifs is 1. The normalized spacial score (nSPS) is 27.3. The van der Waals surface area contributed by atoms with E-state index in [1.54, 1.807) is 21.0 Å². The van der Waals surface area contributed by atoms with Crippen molar-refractivity contribution in [1.29, 1.82) is 0 Å². The number of halogens is 3. The molecule has 3 amide bonds. The van der Waals surface area contributed by atoms with Crippen molar-refractivity contribution >= 4 is 41.4 Å². The molecule has 214 valence electrons. The number of thioether (sulfide) groups is 1. The van der Waals surface area contributed by atoms with Gasteiger partial charge in [-0.15, -0.1) is 16.9 Å². The Morgan fingerprint density at radius 2 is 2.00 bits per heavy atom. The van der Waals surface area contributed by atoms with Crippen LogP contribution in [-0.2, 0) is 31.9 Å². The number of nitrogens with two attached hydrogens (primary N) is 1. The number of rotatable bonds is 8. The molecule has 17 heteroatoms. The zero-order valence-electron chi connectivity index (χ0n) is 21.5. The molecule has 0 bridgehead atoms. The Kier molecular flexibility index (Phi) is 7.59. The average molecular weight is 575 g/mol. The van der Waals surface area contributed by atoms with E-state index in [0.717, 1.165) is 0 Å². The summed E-state index contributed by atoms with van der Waals surface area (Å²) >= 11 is 1.34. The molecule has 2 fully saturated rings. The Bertz CT molecular complexity index is 1230. The molecule has 6 atom stereocenters. The van der Waals surface area contributed by atoms with Crippen molar-refractivity contribution in [3.63, 3.8) is 0 Å². The number of nitrogens with one attached hydrogen (secondary N) is 2. The summed E-state index contributed by atoms with van der Waals surface area (Å²) in [5.74, 6) is -5.70. The van der Waals surface area contributed by atoms with Crippen molar-refractivity contribution in [2.24, 2.45) is 11.8 Å². The van der Waals surface area contributed by atoms with Crippen molar-refractivity contribution < 1.29 is 37.5 Å². The van der Waals surface area contributed by atoms with E-state index in [1.807, 2.05) is 6.92 Å². The lowest BCUT2D eigenvalue weighted by Gasteiger charge is -2.47. The fraction of sp³-hybridized carbons (Fsp3) is 0.636. The minimum absolute atomic E-state index is 0.0732. The Morgan fingerprint density at radius 1 is 1.33 bits per heavy atom. The molecule has 3 aliphatic heterocycles. The van der Waals surface area contributed by atoms with Gasteiger partial charge < -0.3 is 31.3 Å². The summed E-state index contributed by atoms with van der Waals surface area (Å²) in [6.45, 7) is 3.23. The van der Waals surface area contributed by atoms with E-state index in [1.165, 1.54) is 21.6 Å². The van der Waals surface area contributed by atoms with Gasteiger partial charge >= 0.3 is 12.1 Å². The molecule has 3 aliphatic rings. The van der Waals surface area contributed by atoms with Gasteiger partial charge in [0.15, 0.2) is 0 Å². The lowest BCUT2D eigenvalue weighted by molar-refractivity contribution is -0.158. The quantitative estimate of drug-likeness (QED) is 0.302. The number of hydrogen-bond donors (Lipinski definition) is 4. The second-order valence-electron chi connectivity index (χ2n) is 10.0. The van der Waals surface area contributed by atoms with Crippen LogP contribution in [0.3, 0.4) is 0 Å². The molecule has 2 saturated heterocycles. The molecule has 4 heterocycles. The van der Waals surface area contributed by atoms with E-state index in [2.05, 4.69) is 20.7 Å². The number of amides is 3. The van der Waals surface area contributed by atoms with Gasteiger partial charge in [0.1, 0.15) is 12.2 Å². The van der Waals surface area contributed by atoms with E-state index < -0.39 is 60.3 Å². The number of nitrogen functional groups attached to an aromatic ring is 1. The van der Waals surface area contributed by atoms with Crippen LogP contribution >= 0.6 is 11.8 Å². The van der Waals surface area contributed by atoms with Gasteiger partial charge in [-0.05, 0) is 13.3 Å². The summed E-state index contributed by atoms with van der Waals surface area (Å²) < 4.78 is 39.1. The van der Waals surface area contributed by atoms with Gasteiger partial charge in [0.05, 0.1) is 18.0 Å². The predicted octanol–water partition coefficient (Wildman–Crippen LogP) is -0.291. The number of carbonyl (C=O) groups is 4. The van der Waals surface area contributed by atoms with Gasteiger partial charge in [-0.2, -0.15) is 18.2 Å². The summed E-state index contributed by atoms with van der Waals surface area (Å²) in [7, 11) is 3.32. The molecular formula is C22H29F3N8O5S. The number of hydrogen-bond acceptors (Lipinski definition) is 9. The minimum Gasteiger partial charge on any atom is -0.477 e. The predicted molar refractivity (Wildman–Crippen MR) is 131 cm³/mol. The van der Waals surface area contributed by atoms with Crippen molar-refractivity contribution in [2.45, 2.75) is 56.4 Å². The number of carboxylic acids is 1. The number of carboxylic acid groups (broad SMARTS) is 1. The number of aromatic nitrogens is 3. The van der Waals surface area contributed by atoms with Gasteiger partial charge in [-0.1, -0.05) is 6.92 Å². The summed E-state index contributed by atoms with van der Waals surface area (Å²) in [5.41, 5.74) is 5.35. The number of alkyl halides is 3. The van der Waals surface area contributed by atoms with Crippen LogP contribution in [0.2, 0.25) is 0 Å². The Morgan fingerprint density at radius 3 is 2.56 bits per heavy atom. The highest BCUT2D eigenvalue weighted by Gasteiger charge is 2.60. The van der Waals surface area contributed by atoms with Crippen LogP contribution in [0.4, 0.5) is 19.1 Å². The zero-order chi connectivity index (χ0) is 29.0. The molecule has 0 aromatic carbocycles. The van der Waals surface area contributed by atoms with Gasteiger partial charge in [-0.25, -0.2) is 9.48 Å². The molecule has 39 heavy (non-hydrogen) atoms. The van der Waals surface area contributed by atoms with E-state index in [-0.39, 0.29) is 28.8 Å². The number of β-lactam (4-membered cyclic amide) rings is 1. The first-order chi connectivity index (χ1) is 18.1. The van der Waals surface area contributed by atoms with Crippen molar-refractivity contribution in [1.82, 2.24) is 35.2 Å². The number of anilines is 1. The first-order valence-electron chi connectivity index (χ1n) is 12.1. The number of likely N-dealkylation sites (N-methyl/N-ethyl adjacent to an activating group) is 1. The van der Waals surface area contributed by atoms with Gasteiger partial charge in [0, 0.05) is 42.8 Å². The monoisotopic (exact) mass is 574 g/mol. The topological polar surface area (TPSA) is 176 Å². The van der Waals surface area contributed by atoms with Crippen LogP contribution in [0.1, 0.15) is 26.1 Å². The molecule has 0 aliphatic carbocycles. The molecule has 1 aromatic rings. The maximum atomic E-state index is 13.1. The summed E-state index contributed by atoms with van der Waals surface area (Å²) in [5, 5.41) is 18.8. The van der Waals surface area contributed by atoms with Crippen LogP contribution in [0.15, 0.2) is 10.6 Å². The lowest BCUT2D eigenvalue weighted by Crippen LogP contribution is -2.66. The average Bonchev–Trinajstić information content (AvgIpc) is 3.50. The SMILES string of the molecule is C[C@@H](NC(=O)Cn1nc(C(F)(F)F)nc1N)[C@H]1C(=O)N2C(C(=O)O)=C(SC3CNC(C(=O)N(C)C)C3)[C@H](C)[C@H]12. The number of nitrogens with zero attached hydrogens (tertiary/aromatic N) is 5. The van der Waals surface area contributed by atoms with Gasteiger partial charge in [0.25, 0.3) is 5.82 Å². The standard InChI is InChI=1S/C22H29F3N8O5S/c1-8-14-13(9(2)28-12(34)7-32-21(26)29-20(30-32)22(23,24)25)18(36)33(14)15(19(37)38)16(8)39-10-5-11(27-6-10)17(35)31(3)4/h8-11,13-14,27H,5-7H2,1-4H3,(H,28,34)(H,37,38)(H2,26,29,30)/t8-,9-,10?,11?,13-,14-/m1/s1. The highest BCUT2D eigenvalue weighted by atomic mass is 32.2. The third-order valence-electron chi connectivity index (χ3n) is 7.09. The summed E-state index contributed by atoms with van der Waals surface area (Å²) in [6, 6.07) is -1.66.